The number of amides is 1. The molecule has 3 aromatic rings. The van der Waals surface area contributed by atoms with Crippen molar-refractivity contribution < 1.29 is 14.6 Å². The van der Waals surface area contributed by atoms with Crippen LogP contribution in [0.5, 0.6) is 11.5 Å². The Bertz CT molecular complexity index is 980. The molecule has 0 aliphatic rings. The van der Waals surface area contributed by atoms with Crippen molar-refractivity contribution >= 4 is 22.4 Å². The predicted octanol–water partition coefficient (Wildman–Crippen LogP) is 4.10. The zero-order valence-corrected chi connectivity index (χ0v) is 14.7. The van der Waals surface area contributed by atoms with Gasteiger partial charge in [-0.05, 0) is 53.1 Å². The van der Waals surface area contributed by atoms with E-state index in [2.05, 4.69) is 10.5 Å². The average Bonchev–Trinajstić information content (AvgIpc) is 2.68. The van der Waals surface area contributed by atoms with Crippen LogP contribution in [0.1, 0.15) is 29.3 Å². The summed E-state index contributed by atoms with van der Waals surface area (Å²) in [5.41, 5.74) is 4.41. The van der Waals surface area contributed by atoms with Gasteiger partial charge < -0.3 is 9.84 Å². The summed E-state index contributed by atoms with van der Waals surface area (Å²) in [5, 5.41) is 16.2. The number of phenolic OH excluding ortho intramolecular Hbond substituents is 1. The molecule has 0 bridgehead atoms. The molecular formula is C21H20N2O3. The molecule has 5 heteroatoms. The van der Waals surface area contributed by atoms with Crippen LogP contribution in [0.25, 0.3) is 10.8 Å². The third kappa shape index (κ3) is 3.67. The Balaban J connectivity index is 1.86. The zero-order chi connectivity index (χ0) is 18.5. The third-order valence-corrected chi connectivity index (χ3v) is 4.16. The summed E-state index contributed by atoms with van der Waals surface area (Å²) in [6, 6.07) is 18.3. The number of fused-ring (bicyclic) bond motifs is 1. The molecular weight excluding hydrogens is 328 g/mol. The van der Waals surface area contributed by atoms with Gasteiger partial charge in [-0.15, -0.1) is 0 Å². The van der Waals surface area contributed by atoms with Gasteiger partial charge in [-0.2, -0.15) is 5.10 Å². The van der Waals surface area contributed by atoms with Crippen molar-refractivity contribution in [1.29, 1.82) is 0 Å². The molecule has 3 rings (SSSR count). The van der Waals surface area contributed by atoms with E-state index in [-0.39, 0.29) is 11.3 Å². The van der Waals surface area contributed by atoms with Gasteiger partial charge in [0.2, 0.25) is 0 Å². The summed E-state index contributed by atoms with van der Waals surface area (Å²) in [6.45, 7) is 1.98. The first-order valence-electron chi connectivity index (χ1n) is 8.35. The van der Waals surface area contributed by atoms with Crippen LogP contribution in [-0.2, 0) is 0 Å². The quantitative estimate of drug-likeness (QED) is 0.539. The lowest BCUT2D eigenvalue weighted by atomic mass is 10.0. The number of ether oxygens (including phenoxy) is 1. The lowest BCUT2D eigenvalue weighted by Gasteiger charge is -2.08. The molecule has 5 nitrogen and oxygen atoms in total. The predicted molar refractivity (Wildman–Crippen MR) is 103 cm³/mol. The number of nitrogens with one attached hydrogen (secondary N) is 1. The Kier molecular flexibility index (Phi) is 5.17. The number of methoxy groups -OCH3 is 1. The molecule has 0 saturated carbocycles. The number of hydrogen-bond acceptors (Lipinski definition) is 4. The number of hydrogen-bond donors (Lipinski definition) is 2. The number of benzene rings is 3. The van der Waals surface area contributed by atoms with E-state index in [1.54, 1.807) is 25.3 Å². The number of carbonyl (C=O) groups is 1. The minimum Gasteiger partial charge on any atom is -0.507 e. The molecule has 132 valence electrons. The molecule has 2 N–H and O–H groups in total. The van der Waals surface area contributed by atoms with Crippen LogP contribution >= 0.6 is 0 Å². The Morgan fingerprint density at radius 1 is 1.08 bits per heavy atom. The van der Waals surface area contributed by atoms with Crippen molar-refractivity contribution in [2.45, 2.75) is 13.3 Å². The summed E-state index contributed by atoms with van der Waals surface area (Å²) in [7, 11) is 1.64. The largest absolute Gasteiger partial charge is 0.507 e. The van der Waals surface area contributed by atoms with Crippen molar-refractivity contribution in [3.63, 3.8) is 0 Å². The number of para-hydroxylation sites is 1. The molecule has 0 aliphatic heterocycles. The van der Waals surface area contributed by atoms with E-state index in [0.29, 0.717) is 6.42 Å². The van der Waals surface area contributed by atoms with Crippen LogP contribution in [-0.4, -0.2) is 23.8 Å². The monoisotopic (exact) mass is 348 g/mol. The van der Waals surface area contributed by atoms with E-state index in [1.807, 2.05) is 43.3 Å². The van der Waals surface area contributed by atoms with Gasteiger partial charge in [0, 0.05) is 0 Å². The smallest absolute Gasteiger partial charge is 0.275 e. The minimum atomic E-state index is -0.445. The van der Waals surface area contributed by atoms with Crippen LogP contribution in [0.15, 0.2) is 65.8 Å². The highest BCUT2D eigenvalue weighted by Crippen LogP contribution is 2.22. The van der Waals surface area contributed by atoms with Crippen molar-refractivity contribution in [3.05, 3.63) is 71.8 Å². The van der Waals surface area contributed by atoms with Crippen molar-refractivity contribution in [1.82, 2.24) is 5.43 Å². The maximum absolute atomic E-state index is 12.2. The first-order valence-corrected chi connectivity index (χ1v) is 8.35. The van der Waals surface area contributed by atoms with E-state index in [1.165, 1.54) is 6.07 Å². The average molecular weight is 348 g/mol. The molecule has 0 spiro atoms. The van der Waals surface area contributed by atoms with Gasteiger partial charge >= 0.3 is 0 Å². The van der Waals surface area contributed by atoms with Gasteiger partial charge in [0.1, 0.15) is 11.5 Å². The molecule has 0 unspecified atom stereocenters. The molecule has 0 heterocycles. The highest BCUT2D eigenvalue weighted by molar-refractivity contribution is 6.05. The Morgan fingerprint density at radius 2 is 1.81 bits per heavy atom. The van der Waals surface area contributed by atoms with Crippen LogP contribution in [0, 0.1) is 0 Å². The molecule has 0 saturated heterocycles. The summed E-state index contributed by atoms with van der Waals surface area (Å²) in [5.74, 6) is 0.294. The topological polar surface area (TPSA) is 70.9 Å². The number of carbonyl (C=O) groups excluding carboxylic acids is 1. The van der Waals surface area contributed by atoms with Gasteiger partial charge in [-0.1, -0.05) is 37.3 Å². The molecule has 0 radical (unpaired) electrons. The lowest BCUT2D eigenvalue weighted by molar-refractivity contribution is 0.0952. The molecule has 26 heavy (non-hydrogen) atoms. The van der Waals surface area contributed by atoms with Crippen molar-refractivity contribution in [3.8, 4) is 11.5 Å². The normalized spacial score (nSPS) is 11.4. The maximum Gasteiger partial charge on any atom is 0.275 e. The molecule has 0 aromatic heterocycles. The molecule has 1 amide bonds. The summed E-state index contributed by atoms with van der Waals surface area (Å²) in [6.07, 6.45) is 0.655. The van der Waals surface area contributed by atoms with Gasteiger partial charge in [0.15, 0.2) is 0 Å². The summed E-state index contributed by atoms with van der Waals surface area (Å²) >= 11 is 0. The molecule has 0 fully saturated rings. The van der Waals surface area contributed by atoms with Crippen LogP contribution in [0.2, 0.25) is 0 Å². The zero-order valence-electron chi connectivity index (χ0n) is 14.7. The van der Waals surface area contributed by atoms with E-state index < -0.39 is 5.91 Å². The number of aromatic hydroxyl groups is 1. The molecule has 3 aromatic carbocycles. The number of rotatable bonds is 5. The fraction of sp³-hybridized carbons (Fsp3) is 0.143. The van der Waals surface area contributed by atoms with Gasteiger partial charge in [-0.25, -0.2) is 5.43 Å². The molecule has 0 aliphatic carbocycles. The first kappa shape index (κ1) is 17.5. The lowest BCUT2D eigenvalue weighted by Crippen LogP contribution is -2.20. The third-order valence-electron chi connectivity index (χ3n) is 4.16. The standard InChI is InChI=1S/C21H20N2O3/c1-3-19(22-23-21(25)18-6-4-5-7-20(18)24)16-9-8-15-13-17(26-2)11-10-14(15)12-16/h4-13,24H,3H2,1-2H3,(H,23,25)/b22-19-. The van der Waals surface area contributed by atoms with Crippen LogP contribution in [0.3, 0.4) is 0 Å². The summed E-state index contributed by atoms with van der Waals surface area (Å²) < 4.78 is 5.25. The van der Waals surface area contributed by atoms with E-state index in [0.717, 1.165) is 27.8 Å². The second-order valence-corrected chi connectivity index (χ2v) is 5.80. The van der Waals surface area contributed by atoms with Gasteiger partial charge in [-0.3, -0.25) is 4.79 Å². The van der Waals surface area contributed by atoms with E-state index in [4.69, 9.17) is 4.74 Å². The van der Waals surface area contributed by atoms with Crippen molar-refractivity contribution in [2.75, 3.05) is 7.11 Å². The Morgan fingerprint density at radius 3 is 2.54 bits per heavy atom. The number of phenols is 1. The number of nitrogens with zero attached hydrogens (tertiary/aromatic N) is 1. The number of hydrazone groups is 1. The SMILES string of the molecule is CC/C(=N/NC(=O)c1ccccc1O)c1ccc2cc(OC)ccc2c1. The van der Waals surface area contributed by atoms with E-state index >= 15 is 0 Å². The highest BCUT2D eigenvalue weighted by atomic mass is 16.5. The van der Waals surface area contributed by atoms with E-state index in [9.17, 15) is 9.90 Å². The van der Waals surface area contributed by atoms with Crippen molar-refractivity contribution in [2.24, 2.45) is 5.10 Å². The Hall–Kier alpha value is -3.34. The highest BCUT2D eigenvalue weighted by Gasteiger charge is 2.10. The summed E-state index contributed by atoms with van der Waals surface area (Å²) in [4.78, 5) is 12.2. The Labute approximate surface area is 151 Å². The van der Waals surface area contributed by atoms with Gasteiger partial charge in [0.25, 0.3) is 5.91 Å². The van der Waals surface area contributed by atoms with Crippen LogP contribution < -0.4 is 10.2 Å². The first-order chi connectivity index (χ1) is 12.6. The minimum absolute atomic E-state index is 0.0714. The molecule has 0 atom stereocenters. The maximum atomic E-state index is 12.2. The second kappa shape index (κ2) is 7.70. The fourth-order valence-corrected chi connectivity index (χ4v) is 2.72. The van der Waals surface area contributed by atoms with Crippen LogP contribution in [0.4, 0.5) is 0 Å². The van der Waals surface area contributed by atoms with Gasteiger partial charge in [0.05, 0.1) is 18.4 Å². The second-order valence-electron chi connectivity index (χ2n) is 5.80. The fourth-order valence-electron chi connectivity index (χ4n) is 2.72.